The average Bonchev–Trinajstić information content (AvgIpc) is 2.95. The summed E-state index contributed by atoms with van der Waals surface area (Å²) in [5, 5.41) is 0. The Morgan fingerprint density at radius 3 is 2.62 bits per heavy atom. The fourth-order valence-corrected chi connectivity index (χ4v) is 1.85. The molecule has 0 unspecified atom stereocenters. The molecule has 0 aliphatic carbocycles. The van der Waals surface area contributed by atoms with E-state index in [-0.39, 0.29) is 11.9 Å². The van der Waals surface area contributed by atoms with Crippen LogP contribution in [0.4, 0.5) is 6.01 Å². The maximum absolute atomic E-state index is 11.9. The van der Waals surface area contributed by atoms with Crippen molar-refractivity contribution in [2.45, 2.75) is 0 Å². The van der Waals surface area contributed by atoms with Crippen molar-refractivity contribution in [1.29, 1.82) is 0 Å². The van der Waals surface area contributed by atoms with Crippen LogP contribution in [0.3, 0.4) is 0 Å². The highest BCUT2D eigenvalue weighted by molar-refractivity contribution is 5.94. The van der Waals surface area contributed by atoms with Crippen LogP contribution >= 0.6 is 0 Å². The Morgan fingerprint density at radius 2 is 1.90 bits per heavy atom. The first-order chi connectivity index (χ1) is 10.3. The molecule has 2 aromatic carbocycles. The van der Waals surface area contributed by atoms with E-state index in [9.17, 15) is 4.79 Å². The van der Waals surface area contributed by atoms with Gasteiger partial charge in [0, 0.05) is 5.56 Å². The summed E-state index contributed by atoms with van der Waals surface area (Å²) in [6.07, 6.45) is 0. The first kappa shape index (κ1) is 13.0. The third-order valence-electron chi connectivity index (χ3n) is 2.93. The van der Waals surface area contributed by atoms with Gasteiger partial charge in [0.1, 0.15) is 11.3 Å². The third kappa shape index (κ3) is 2.79. The summed E-state index contributed by atoms with van der Waals surface area (Å²) in [7, 11) is 1.57. The van der Waals surface area contributed by atoms with Gasteiger partial charge >= 0.3 is 6.01 Å². The lowest BCUT2D eigenvalue weighted by Crippen LogP contribution is -2.29. The first-order valence-corrected chi connectivity index (χ1v) is 6.32. The van der Waals surface area contributed by atoms with E-state index < -0.39 is 0 Å². The topological polar surface area (TPSA) is 76.4 Å². The van der Waals surface area contributed by atoms with Gasteiger partial charge in [-0.3, -0.25) is 15.6 Å². The number of nitrogens with zero attached hydrogens (tertiary/aromatic N) is 1. The molecule has 1 aromatic heterocycles. The van der Waals surface area contributed by atoms with Crippen LogP contribution in [0.15, 0.2) is 52.9 Å². The molecule has 1 amide bonds. The van der Waals surface area contributed by atoms with Crippen LogP contribution in [0.25, 0.3) is 11.1 Å². The number of anilines is 1. The lowest BCUT2D eigenvalue weighted by Gasteiger charge is -2.05. The molecule has 0 aliphatic rings. The van der Waals surface area contributed by atoms with Crippen molar-refractivity contribution in [2.75, 3.05) is 12.5 Å². The van der Waals surface area contributed by atoms with Crippen LogP contribution in [-0.4, -0.2) is 18.0 Å². The molecule has 3 rings (SSSR count). The molecule has 0 spiro atoms. The highest BCUT2D eigenvalue weighted by Crippen LogP contribution is 2.17. The normalized spacial score (nSPS) is 10.3. The van der Waals surface area contributed by atoms with Gasteiger partial charge in [-0.25, -0.2) is 0 Å². The number of amides is 1. The lowest BCUT2D eigenvalue weighted by molar-refractivity contribution is 0.0961. The number of ether oxygens (including phenoxy) is 1. The largest absolute Gasteiger partial charge is 0.497 e. The molecule has 0 fully saturated rings. The Balaban J connectivity index is 1.67. The van der Waals surface area contributed by atoms with Gasteiger partial charge in [-0.15, -0.1) is 0 Å². The summed E-state index contributed by atoms with van der Waals surface area (Å²) in [6, 6.07) is 14.4. The van der Waals surface area contributed by atoms with Gasteiger partial charge in [-0.1, -0.05) is 12.1 Å². The van der Waals surface area contributed by atoms with Crippen molar-refractivity contribution in [3.63, 3.8) is 0 Å². The molecule has 0 saturated carbocycles. The number of nitrogens with one attached hydrogen (secondary N) is 2. The minimum Gasteiger partial charge on any atom is -0.497 e. The molecular weight excluding hydrogens is 270 g/mol. The van der Waals surface area contributed by atoms with E-state index in [1.165, 1.54) is 0 Å². The number of rotatable bonds is 4. The molecule has 2 N–H and O–H groups in total. The van der Waals surface area contributed by atoms with Crippen LogP contribution in [0, 0.1) is 0 Å². The molecule has 0 atom stereocenters. The molecule has 3 aromatic rings. The molecule has 0 radical (unpaired) electrons. The van der Waals surface area contributed by atoms with Crippen molar-refractivity contribution in [3.8, 4) is 5.75 Å². The third-order valence-corrected chi connectivity index (χ3v) is 2.93. The number of benzene rings is 2. The monoisotopic (exact) mass is 283 g/mol. The number of aromatic nitrogens is 1. The van der Waals surface area contributed by atoms with Crippen molar-refractivity contribution in [1.82, 2.24) is 10.4 Å². The SMILES string of the molecule is COc1ccc(C(=O)NNc2nc3ccccc3o2)cc1. The molecule has 6 nitrogen and oxygen atoms in total. The van der Waals surface area contributed by atoms with Crippen LogP contribution in [0.1, 0.15) is 10.4 Å². The van der Waals surface area contributed by atoms with Crippen molar-refractivity contribution in [3.05, 3.63) is 54.1 Å². The number of para-hydroxylation sites is 2. The fourth-order valence-electron chi connectivity index (χ4n) is 1.85. The van der Waals surface area contributed by atoms with Gasteiger partial charge < -0.3 is 9.15 Å². The molecule has 0 saturated heterocycles. The van der Waals surface area contributed by atoms with Gasteiger partial charge in [-0.05, 0) is 36.4 Å². The van der Waals surface area contributed by atoms with E-state index in [2.05, 4.69) is 15.8 Å². The van der Waals surface area contributed by atoms with Gasteiger partial charge in [0.2, 0.25) is 0 Å². The molecular formula is C15H13N3O3. The Hall–Kier alpha value is -3.02. The molecule has 1 heterocycles. The van der Waals surface area contributed by atoms with Crippen molar-refractivity contribution >= 4 is 23.0 Å². The molecule has 0 aliphatic heterocycles. The molecule has 106 valence electrons. The number of fused-ring (bicyclic) bond motifs is 1. The second-order valence-electron chi connectivity index (χ2n) is 4.29. The van der Waals surface area contributed by atoms with Crippen molar-refractivity contribution < 1.29 is 13.9 Å². The highest BCUT2D eigenvalue weighted by Gasteiger charge is 2.08. The van der Waals surface area contributed by atoms with Crippen molar-refractivity contribution in [2.24, 2.45) is 0 Å². The molecule has 0 bridgehead atoms. The van der Waals surface area contributed by atoms with E-state index in [0.717, 1.165) is 5.52 Å². The lowest BCUT2D eigenvalue weighted by atomic mass is 10.2. The quantitative estimate of drug-likeness (QED) is 0.720. The Bertz CT molecular complexity index is 732. The van der Waals surface area contributed by atoms with Crippen LogP contribution < -0.4 is 15.6 Å². The summed E-state index contributed by atoms with van der Waals surface area (Å²) in [5.41, 5.74) is 7.05. The highest BCUT2D eigenvalue weighted by atomic mass is 16.5. The fraction of sp³-hybridized carbons (Fsp3) is 0.0667. The van der Waals surface area contributed by atoms with Gasteiger partial charge in [0.05, 0.1) is 7.11 Å². The predicted octanol–water partition coefficient (Wildman–Crippen LogP) is 2.59. The van der Waals surface area contributed by atoms with Gasteiger partial charge in [0.15, 0.2) is 5.58 Å². The van der Waals surface area contributed by atoms with E-state index >= 15 is 0 Å². The Labute approximate surface area is 120 Å². The second kappa shape index (κ2) is 5.54. The zero-order chi connectivity index (χ0) is 14.7. The zero-order valence-electron chi connectivity index (χ0n) is 11.3. The summed E-state index contributed by atoms with van der Waals surface area (Å²) < 4.78 is 10.5. The number of oxazole rings is 1. The van der Waals surface area contributed by atoms with E-state index in [1.54, 1.807) is 37.4 Å². The summed E-state index contributed by atoms with van der Waals surface area (Å²) in [4.78, 5) is 16.1. The molecule has 21 heavy (non-hydrogen) atoms. The standard InChI is InChI=1S/C15H13N3O3/c1-20-11-8-6-10(7-9-11)14(19)17-18-15-16-12-4-2-3-5-13(12)21-15/h2-9H,1H3,(H,16,18)(H,17,19). The average molecular weight is 283 g/mol. The number of hydrazine groups is 1. The number of carbonyl (C=O) groups is 1. The predicted molar refractivity (Wildman–Crippen MR) is 78.1 cm³/mol. The number of hydrogen-bond acceptors (Lipinski definition) is 5. The van der Waals surface area contributed by atoms with Gasteiger partial charge in [0.25, 0.3) is 5.91 Å². The number of carbonyl (C=O) groups excluding carboxylic acids is 1. The van der Waals surface area contributed by atoms with E-state index in [0.29, 0.717) is 16.9 Å². The van der Waals surface area contributed by atoms with Crippen LogP contribution in [0.2, 0.25) is 0 Å². The van der Waals surface area contributed by atoms with Gasteiger partial charge in [-0.2, -0.15) is 4.98 Å². The Kier molecular flexibility index (Phi) is 3.42. The molecule has 6 heteroatoms. The summed E-state index contributed by atoms with van der Waals surface area (Å²) in [6.45, 7) is 0. The minimum atomic E-state index is -0.292. The van der Waals surface area contributed by atoms with Crippen LogP contribution in [-0.2, 0) is 0 Å². The Morgan fingerprint density at radius 1 is 1.14 bits per heavy atom. The second-order valence-corrected chi connectivity index (χ2v) is 4.29. The zero-order valence-corrected chi connectivity index (χ0v) is 11.3. The summed E-state index contributed by atoms with van der Waals surface area (Å²) >= 11 is 0. The minimum absolute atomic E-state index is 0.234. The van der Waals surface area contributed by atoms with E-state index in [4.69, 9.17) is 9.15 Å². The van der Waals surface area contributed by atoms with E-state index in [1.807, 2.05) is 18.2 Å². The number of hydrogen-bond donors (Lipinski definition) is 2. The maximum Gasteiger partial charge on any atom is 0.315 e. The summed E-state index contributed by atoms with van der Waals surface area (Å²) in [5.74, 6) is 0.401. The maximum atomic E-state index is 11.9. The number of methoxy groups -OCH3 is 1. The van der Waals surface area contributed by atoms with Crippen LogP contribution in [0.5, 0.6) is 5.75 Å². The first-order valence-electron chi connectivity index (χ1n) is 6.32. The smallest absolute Gasteiger partial charge is 0.315 e.